The molecule has 6 nitrogen and oxygen atoms in total. The van der Waals surface area contributed by atoms with E-state index >= 15 is 0 Å². The van der Waals surface area contributed by atoms with E-state index in [2.05, 4.69) is 4.74 Å². The maximum absolute atomic E-state index is 12.7. The SMILES string of the molecule is COC(=O)c1ccc(Cl)c(S(=O)(=O)Oc2cccc3c2OC(C)(C)C3)c1. The third-order valence-corrected chi connectivity index (χ3v) is 5.59. The van der Waals surface area contributed by atoms with E-state index in [4.69, 9.17) is 20.5 Å². The summed E-state index contributed by atoms with van der Waals surface area (Å²) in [6.45, 7) is 3.81. The molecule has 0 aliphatic carbocycles. The molecule has 26 heavy (non-hydrogen) atoms. The van der Waals surface area contributed by atoms with Gasteiger partial charge in [-0.3, -0.25) is 0 Å². The lowest BCUT2D eigenvalue weighted by Crippen LogP contribution is -2.24. The molecule has 0 saturated heterocycles. The third kappa shape index (κ3) is 3.50. The first-order valence-electron chi connectivity index (χ1n) is 7.76. The maximum Gasteiger partial charge on any atom is 0.340 e. The number of esters is 1. The molecule has 2 aromatic carbocycles. The van der Waals surface area contributed by atoms with E-state index in [1.54, 1.807) is 6.07 Å². The summed E-state index contributed by atoms with van der Waals surface area (Å²) in [7, 11) is -3.08. The Morgan fingerprint density at radius 1 is 1.23 bits per heavy atom. The van der Waals surface area contributed by atoms with Crippen LogP contribution in [-0.4, -0.2) is 27.1 Å². The van der Waals surface area contributed by atoms with Crippen LogP contribution >= 0.6 is 11.6 Å². The summed E-state index contributed by atoms with van der Waals surface area (Å²) < 4.78 is 41.2. The number of halogens is 1. The van der Waals surface area contributed by atoms with E-state index in [0.717, 1.165) is 11.6 Å². The molecule has 8 heteroatoms. The van der Waals surface area contributed by atoms with Gasteiger partial charge in [-0.1, -0.05) is 23.7 Å². The van der Waals surface area contributed by atoms with Crippen LogP contribution in [-0.2, 0) is 21.3 Å². The van der Waals surface area contributed by atoms with E-state index < -0.39 is 21.7 Å². The van der Waals surface area contributed by atoms with Crippen molar-refractivity contribution in [1.29, 1.82) is 0 Å². The van der Waals surface area contributed by atoms with Crippen LogP contribution < -0.4 is 8.92 Å². The summed E-state index contributed by atoms with van der Waals surface area (Å²) >= 11 is 6.01. The standard InChI is InChI=1S/C18H17ClO6S/c1-18(2)10-12-5-4-6-14(16(12)24-18)25-26(21,22)15-9-11(17(20)23-3)7-8-13(15)19/h4-9H,10H2,1-3H3. The Balaban J connectivity index is 2.00. The van der Waals surface area contributed by atoms with Crippen molar-refractivity contribution in [2.45, 2.75) is 30.8 Å². The second-order valence-electron chi connectivity index (χ2n) is 6.46. The zero-order valence-electron chi connectivity index (χ0n) is 14.4. The normalized spacial score (nSPS) is 15.1. The largest absolute Gasteiger partial charge is 0.483 e. The number of hydrogen-bond donors (Lipinski definition) is 0. The summed E-state index contributed by atoms with van der Waals surface area (Å²) in [5.74, 6) is -0.210. The van der Waals surface area contributed by atoms with Crippen LogP contribution in [0.4, 0.5) is 0 Å². The molecule has 2 aromatic rings. The van der Waals surface area contributed by atoms with E-state index in [0.29, 0.717) is 12.2 Å². The molecule has 0 unspecified atom stereocenters. The Morgan fingerprint density at radius 3 is 2.65 bits per heavy atom. The summed E-state index contributed by atoms with van der Waals surface area (Å²) in [5, 5.41) is -0.0634. The van der Waals surface area contributed by atoms with Crippen molar-refractivity contribution in [3.63, 3.8) is 0 Å². The van der Waals surface area contributed by atoms with Gasteiger partial charge in [0.2, 0.25) is 0 Å². The van der Waals surface area contributed by atoms with Gasteiger partial charge in [-0.15, -0.1) is 0 Å². The van der Waals surface area contributed by atoms with Gasteiger partial charge in [0.15, 0.2) is 11.5 Å². The number of methoxy groups -OCH3 is 1. The highest BCUT2D eigenvalue weighted by Gasteiger charge is 2.34. The fraction of sp³-hybridized carbons (Fsp3) is 0.278. The molecule has 3 rings (SSSR count). The molecule has 1 aliphatic heterocycles. The van der Waals surface area contributed by atoms with E-state index in [1.165, 1.54) is 25.3 Å². The second-order valence-corrected chi connectivity index (χ2v) is 8.38. The van der Waals surface area contributed by atoms with Gasteiger partial charge in [0.25, 0.3) is 0 Å². The number of ether oxygens (including phenoxy) is 2. The smallest absolute Gasteiger partial charge is 0.340 e. The van der Waals surface area contributed by atoms with Crippen LogP contribution in [0.5, 0.6) is 11.5 Å². The highest BCUT2D eigenvalue weighted by atomic mass is 35.5. The zero-order valence-corrected chi connectivity index (χ0v) is 16.0. The molecular weight excluding hydrogens is 380 g/mol. The fourth-order valence-corrected chi connectivity index (χ4v) is 4.19. The maximum atomic E-state index is 12.7. The highest BCUT2D eigenvalue weighted by molar-refractivity contribution is 7.87. The first-order chi connectivity index (χ1) is 12.1. The van der Waals surface area contributed by atoms with E-state index in [9.17, 15) is 13.2 Å². The number of fused-ring (bicyclic) bond motifs is 1. The molecule has 0 bridgehead atoms. The zero-order chi connectivity index (χ0) is 19.1. The molecule has 0 radical (unpaired) electrons. The van der Waals surface area contributed by atoms with Gasteiger partial charge < -0.3 is 13.7 Å². The number of carbonyl (C=O) groups excluding carboxylic acids is 1. The van der Waals surface area contributed by atoms with Crippen molar-refractivity contribution in [2.24, 2.45) is 0 Å². The van der Waals surface area contributed by atoms with Crippen molar-refractivity contribution in [2.75, 3.05) is 7.11 Å². The Labute approximate surface area is 156 Å². The van der Waals surface area contributed by atoms with Gasteiger partial charge in [0, 0.05) is 12.0 Å². The summed E-state index contributed by atoms with van der Waals surface area (Å²) in [4.78, 5) is 11.3. The van der Waals surface area contributed by atoms with E-state index in [-0.39, 0.29) is 21.2 Å². The predicted octanol–water partition coefficient (Wildman–Crippen LogP) is 3.61. The Bertz CT molecular complexity index is 981. The first kappa shape index (κ1) is 18.5. The van der Waals surface area contributed by atoms with Crippen LogP contribution in [0.1, 0.15) is 29.8 Å². The van der Waals surface area contributed by atoms with Crippen molar-refractivity contribution in [3.8, 4) is 11.5 Å². The monoisotopic (exact) mass is 396 g/mol. The summed E-state index contributed by atoms with van der Waals surface area (Å²) in [6.07, 6.45) is 0.637. The average Bonchev–Trinajstić information content (AvgIpc) is 2.89. The lowest BCUT2D eigenvalue weighted by molar-refractivity contribution is 0.0600. The quantitative estimate of drug-likeness (QED) is 0.580. The Morgan fingerprint density at radius 2 is 1.96 bits per heavy atom. The van der Waals surface area contributed by atoms with Gasteiger partial charge in [-0.2, -0.15) is 8.42 Å². The van der Waals surface area contributed by atoms with Crippen molar-refractivity contribution in [1.82, 2.24) is 0 Å². The Kier molecular flexibility index (Phi) is 4.62. The molecule has 0 N–H and O–H groups in total. The van der Waals surface area contributed by atoms with Gasteiger partial charge in [0.05, 0.1) is 17.7 Å². The van der Waals surface area contributed by atoms with Crippen molar-refractivity contribution < 1.29 is 26.9 Å². The second kappa shape index (κ2) is 6.48. The number of carbonyl (C=O) groups is 1. The van der Waals surface area contributed by atoms with Crippen LogP contribution in [0.15, 0.2) is 41.3 Å². The first-order valence-corrected chi connectivity index (χ1v) is 9.55. The van der Waals surface area contributed by atoms with Gasteiger partial charge in [-0.25, -0.2) is 4.79 Å². The van der Waals surface area contributed by atoms with Crippen LogP contribution in [0.25, 0.3) is 0 Å². The molecule has 0 amide bonds. The van der Waals surface area contributed by atoms with Crippen molar-refractivity contribution >= 4 is 27.7 Å². The van der Waals surface area contributed by atoms with Crippen LogP contribution in [0.3, 0.4) is 0 Å². The molecule has 1 aliphatic rings. The van der Waals surface area contributed by atoms with Crippen molar-refractivity contribution in [3.05, 3.63) is 52.5 Å². The summed E-state index contributed by atoms with van der Waals surface area (Å²) in [6, 6.07) is 8.86. The topological polar surface area (TPSA) is 78.9 Å². The molecule has 138 valence electrons. The number of rotatable bonds is 4. The number of hydrogen-bond acceptors (Lipinski definition) is 6. The Hall–Kier alpha value is -2.25. The third-order valence-electron chi connectivity index (χ3n) is 3.88. The highest BCUT2D eigenvalue weighted by Crippen LogP contribution is 2.43. The predicted molar refractivity (Wildman–Crippen MR) is 95.5 cm³/mol. The van der Waals surface area contributed by atoms with Crippen LogP contribution in [0.2, 0.25) is 5.02 Å². The minimum absolute atomic E-state index is 0.0507. The average molecular weight is 397 g/mol. The lowest BCUT2D eigenvalue weighted by Gasteiger charge is -2.18. The molecule has 0 atom stereocenters. The molecule has 0 aromatic heterocycles. The molecule has 1 heterocycles. The van der Waals surface area contributed by atoms with Gasteiger partial charge in [0.1, 0.15) is 10.5 Å². The van der Waals surface area contributed by atoms with Crippen LogP contribution in [0, 0.1) is 0 Å². The van der Waals surface area contributed by atoms with E-state index in [1.807, 2.05) is 19.9 Å². The lowest BCUT2D eigenvalue weighted by atomic mass is 10.0. The minimum Gasteiger partial charge on any atom is -0.483 e. The molecular formula is C18H17ClO6S. The number of para-hydroxylation sites is 1. The molecule has 0 spiro atoms. The number of benzene rings is 2. The molecule has 0 fully saturated rings. The van der Waals surface area contributed by atoms with Gasteiger partial charge in [-0.05, 0) is 38.1 Å². The fourth-order valence-electron chi connectivity index (χ4n) is 2.76. The molecule has 0 saturated carbocycles. The minimum atomic E-state index is -4.29. The summed E-state index contributed by atoms with van der Waals surface area (Å²) in [5.41, 5.74) is 0.459. The van der Waals surface area contributed by atoms with Gasteiger partial charge >= 0.3 is 16.1 Å².